The number of ether oxygens (including phenoxy) is 1. The lowest BCUT2D eigenvalue weighted by Gasteiger charge is -2.37. The Bertz CT molecular complexity index is 1310. The molecule has 0 radical (unpaired) electrons. The molecular weight excluding hydrogens is 488 g/mol. The number of piperazine rings is 1. The zero-order chi connectivity index (χ0) is 27.5. The number of unbranched alkanes of at least 4 members (excludes halogenated alkanes) is 1. The Hall–Kier alpha value is -4.44. The van der Waals surface area contributed by atoms with Gasteiger partial charge in [-0.15, -0.1) is 6.42 Å². The number of carbonyl (C=O) groups is 2. The van der Waals surface area contributed by atoms with Crippen molar-refractivity contribution in [2.75, 3.05) is 37.6 Å². The van der Waals surface area contributed by atoms with Gasteiger partial charge in [-0.1, -0.05) is 73.2 Å². The zero-order valence-electron chi connectivity index (χ0n) is 22.3. The van der Waals surface area contributed by atoms with E-state index in [-0.39, 0.29) is 12.5 Å². The molecule has 2 amide bonds. The van der Waals surface area contributed by atoms with Gasteiger partial charge in [0, 0.05) is 38.4 Å². The molecule has 2 N–H and O–H groups in total. The smallest absolute Gasteiger partial charge is 0.408 e. The van der Waals surface area contributed by atoms with Gasteiger partial charge in [0.2, 0.25) is 5.91 Å². The Kier molecular flexibility index (Phi) is 9.85. The molecule has 0 saturated carbocycles. The number of benzene rings is 3. The molecule has 4 rings (SSSR count). The fourth-order valence-corrected chi connectivity index (χ4v) is 4.71. The molecule has 1 aliphatic heterocycles. The number of fused-ring (bicyclic) bond motifs is 1. The Morgan fingerprint density at radius 1 is 0.949 bits per heavy atom. The van der Waals surface area contributed by atoms with Crippen molar-refractivity contribution in [2.24, 2.45) is 0 Å². The second-order valence-corrected chi connectivity index (χ2v) is 9.65. The third kappa shape index (κ3) is 8.02. The van der Waals surface area contributed by atoms with Crippen LogP contribution in [0, 0.1) is 12.3 Å². The second kappa shape index (κ2) is 13.9. The van der Waals surface area contributed by atoms with Gasteiger partial charge in [0.1, 0.15) is 12.6 Å². The van der Waals surface area contributed by atoms with Crippen LogP contribution in [0.2, 0.25) is 0 Å². The number of nitrogens with one attached hydrogen (secondary N) is 2. The summed E-state index contributed by atoms with van der Waals surface area (Å²) < 4.78 is 5.40. The molecule has 7 nitrogen and oxygen atoms in total. The van der Waals surface area contributed by atoms with Crippen LogP contribution >= 0.6 is 0 Å². The van der Waals surface area contributed by atoms with E-state index in [1.54, 1.807) is 0 Å². The molecule has 1 heterocycles. The van der Waals surface area contributed by atoms with Crippen LogP contribution in [0.4, 0.5) is 10.5 Å². The van der Waals surface area contributed by atoms with Crippen molar-refractivity contribution in [1.29, 1.82) is 0 Å². The molecule has 0 aromatic heterocycles. The average molecular weight is 525 g/mol. The van der Waals surface area contributed by atoms with E-state index in [1.165, 1.54) is 10.8 Å². The van der Waals surface area contributed by atoms with Crippen molar-refractivity contribution in [3.63, 3.8) is 0 Å². The summed E-state index contributed by atoms with van der Waals surface area (Å²) in [5.74, 6) is 2.38. The summed E-state index contributed by atoms with van der Waals surface area (Å²) in [4.78, 5) is 30.3. The number of anilines is 1. The first-order chi connectivity index (χ1) is 19.0. The van der Waals surface area contributed by atoms with Gasteiger partial charge in [0.05, 0.1) is 5.70 Å². The number of rotatable bonds is 11. The fraction of sp³-hybridized carbons (Fsp3) is 0.312. The van der Waals surface area contributed by atoms with Crippen LogP contribution in [0.15, 0.2) is 85.1 Å². The monoisotopic (exact) mass is 524 g/mol. The molecule has 0 aliphatic carbocycles. The molecular formula is C32H36N4O3. The number of terminal acetylenes is 1. The molecule has 1 aliphatic rings. The van der Waals surface area contributed by atoms with Crippen molar-refractivity contribution in [3.05, 3.63) is 90.6 Å². The maximum atomic E-state index is 13.5. The Morgan fingerprint density at radius 3 is 2.41 bits per heavy atom. The Balaban J connectivity index is 1.33. The number of hydrogen-bond acceptors (Lipinski definition) is 5. The zero-order valence-corrected chi connectivity index (χ0v) is 22.3. The highest BCUT2D eigenvalue weighted by atomic mass is 16.5. The first-order valence-electron chi connectivity index (χ1n) is 13.4. The Labute approximate surface area is 230 Å². The van der Waals surface area contributed by atoms with E-state index in [0.29, 0.717) is 31.8 Å². The molecule has 0 bridgehead atoms. The van der Waals surface area contributed by atoms with Crippen LogP contribution in [0.5, 0.6) is 0 Å². The number of carbonyl (C=O) groups excluding carboxylic acids is 2. The highest BCUT2D eigenvalue weighted by Crippen LogP contribution is 2.23. The molecule has 1 saturated heterocycles. The maximum absolute atomic E-state index is 13.5. The summed E-state index contributed by atoms with van der Waals surface area (Å²) in [6.07, 6.45) is 6.77. The number of allylic oxidation sites excluding steroid dienone is 1. The lowest BCUT2D eigenvalue weighted by molar-refractivity contribution is -0.133. The summed E-state index contributed by atoms with van der Waals surface area (Å²) in [5, 5.41) is 8.30. The van der Waals surface area contributed by atoms with Gasteiger partial charge in [-0.3, -0.25) is 4.79 Å². The van der Waals surface area contributed by atoms with Crippen LogP contribution in [0.25, 0.3) is 10.8 Å². The number of nitrogens with zero attached hydrogens (tertiary/aromatic N) is 2. The molecule has 1 fully saturated rings. The third-order valence-electron chi connectivity index (χ3n) is 6.92. The van der Waals surface area contributed by atoms with Crippen molar-refractivity contribution < 1.29 is 14.3 Å². The van der Waals surface area contributed by atoms with Gasteiger partial charge in [0.25, 0.3) is 0 Å². The van der Waals surface area contributed by atoms with Crippen molar-refractivity contribution in [1.82, 2.24) is 15.5 Å². The normalized spacial score (nSPS) is 13.8. The lowest BCUT2D eigenvalue weighted by Crippen LogP contribution is -2.55. The Morgan fingerprint density at radius 2 is 1.67 bits per heavy atom. The van der Waals surface area contributed by atoms with E-state index in [1.807, 2.05) is 47.4 Å². The summed E-state index contributed by atoms with van der Waals surface area (Å²) in [6.45, 7) is 7.18. The summed E-state index contributed by atoms with van der Waals surface area (Å²) in [7, 11) is 0. The van der Waals surface area contributed by atoms with Gasteiger partial charge in [-0.05, 0) is 47.7 Å². The molecule has 3 aromatic rings. The number of amides is 2. The number of alkyl carbamates (subject to hydrolysis) is 1. The first kappa shape index (κ1) is 27.6. The average Bonchev–Trinajstić information content (AvgIpc) is 2.99. The van der Waals surface area contributed by atoms with Gasteiger partial charge >= 0.3 is 6.09 Å². The molecule has 1 atom stereocenters. The van der Waals surface area contributed by atoms with Gasteiger partial charge in [0.15, 0.2) is 0 Å². The van der Waals surface area contributed by atoms with Crippen LogP contribution in [-0.4, -0.2) is 55.7 Å². The molecule has 202 valence electrons. The molecule has 3 aromatic carbocycles. The van der Waals surface area contributed by atoms with Crippen LogP contribution in [-0.2, 0) is 16.1 Å². The SMILES string of the molecule is C#CC(=C)NCCCC[C@H](NC(=O)OCc1ccccc1)C(=O)N1CCN(c2ccc3ccccc3c2)CC1. The molecule has 0 unspecified atom stereocenters. The summed E-state index contributed by atoms with van der Waals surface area (Å²) in [6, 6.07) is 23.6. The second-order valence-electron chi connectivity index (χ2n) is 9.65. The van der Waals surface area contributed by atoms with E-state index >= 15 is 0 Å². The standard InChI is InChI=1S/C32H36N4O3/c1-3-25(2)33-18-10-9-15-30(34-32(38)39-24-26-11-5-4-6-12-26)31(37)36-21-19-35(20-22-36)29-17-16-27-13-7-8-14-28(27)23-29/h1,4-8,11-14,16-17,23,30,33H,2,9-10,15,18-22,24H2,(H,34,38)/t30-/m0/s1. The van der Waals surface area contributed by atoms with Gasteiger partial charge in [-0.25, -0.2) is 4.79 Å². The van der Waals surface area contributed by atoms with Gasteiger partial charge < -0.3 is 25.2 Å². The molecule has 7 heteroatoms. The summed E-state index contributed by atoms with van der Waals surface area (Å²) in [5.41, 5.74) is 2.58. The highest BCUT2D eigenvalue weighted by Gasteiger charge is 2.29. The van der Waals surface area contributed by atoms with Crippen molar-refractivity contribution >= 4 is 28.5 Å². The van der Waals surface area contributed by atoms with Crippen LogP contribution in [0.1, 0.15) is 24.8 Å². The predicted molar refractivity (Wildman–Crippen MR) is 156 cm³/mol. The highest BCUT2D eigenvalue weighted by molar-refractivity contribution is 5.87. The lowest BCUT2D eigenvalue weighted by atomic mass is 10.1. The van der Waals surface area contributed by atoms with E-state index < -0.39 is 12.1 Å². The minimum atomic E-state index is -0.656. The van der Waals surface area contributed by atoms with Crippen LogP contribution < -0.4 is 15.5 Å². The topological polar surface area (TPSA) is 73.9 Å². The minimum Gasteiger partial charge on any atom is -0.445 e. The van der Waals surface area contributed by atoms with E-state index in [2.05, 4.69) is 58.4 Å². The molecule has 0 spiro atoms. The molecule has 39 heavy (non-hydrogen) atoms. The van der Waals surface area contributed by atoms with Crippen LogP contribution in [0.3, 0.4) is 0 Å². The maximum Gasteiger partial charge on any atom is 0.408 e. The van der Waals surface area contributed by atoms with Gasteiger partial charge in [-0.2, -0.15) is 0 Å². The largest absolute Gasteiger partial charge is 0.445 e. The van der Waals surface area contributed by atoms with E-state index in [0.717, 1.165) is 37.2 Å². The van der Waals surface area contributed by atoms with Crippen molar-refractivity contribution in [2.45, 2.75) is 31.9 Å². The summed E-state index contributed by atoms with van der Waals surface area (Å²) >= 11 is 0. The van der Waals surface area contributed by atoms with E-state index in [4.69, 9.17) is 11.2 Å². The fourth-order valence-electron chi connectivity index (χ4n) is 4.71. The van der Waals surface area contributed by atoms with E-state index in [9.17, 15) is 9.59 Å². The minimum absolute atomic E-state index is 0.0779. The predicted octanol–water partition coefficient (Wildman–Crippen LogP) is 4.69. The first-order valence-corrected chi connectivity index (χ1v) is 13.4. The quantitative estimate of drug-likeness (QED) is 0.281. The number of hydrogen-bond donors (Lipinski definition) is 2. The third-order valence-corrected chi connectivity index (χ3v) is 6.92. The van der Waals surface area contributed by atoms with Crippen molar-refractivity contribution in [3.8, 4) is 12.3 Å².